The lowest BCUT2D eigenvalue weighted by atomic mass is 9.99. The summed E-state index contributed by atoms with van der Waals surface area (Å²) in [6, 6.07) is 8.22. The van der Waals surface area contributed by atoms with Gasteiger partial charge in [0.15, 0.2) is 0 Å². The fraction of sp³-hybridized carbons (Fsp3) is 0.222. The van der Waals surface area contributed by atoms with Crippen LogP contribution in [0.3, 0.4) is 0 Å². The van der Waals surface area contributed by atoms with Gasteiger partial charge in [-0.2, -0.15) is 8.78 Å². The van der Waals surface area contributed by atoms with Gasteiger partial charge < -0.3 is 9.15 Å². The Hall–Kier alpha value is -3.36. The zero-order valence-electron chi connectivity index (χ0n) is 14.4. The molecule has 1 atom stereocenters. The van der Waals surface area contributed by atoms with Crippen molar-refractivity contribution < 1.29 is 22.7 Å². The average Bonchev–Trinajstić information content (AvgIpc) is 3.17. The number of fused-ring (bicyclic) bond motifs is 1. The van der Waals surface area contributed by atoms with Crippen molar-refractivity contribution in [2.45, 2.75) is 19.1 Å². The van der Waals surface area contributed by atoms with E-state index in [4.69, 9.17) is 9.15 Å². The molecule has 138 valence electrons. The highest BCUT2D eigenvalue weighted by molar-refractivity contribution is 5.99. The van der Waals surface area contributed by atoms with E-state index in [-0.39, 0.29) is 17.4 Å². The van der Waals surface area contributed by atoms with Crippen LogP contribution >= 0.6 is 0 Å². The summed E-state index contributed by atoms with van der Waals surface area (Å²) in [5.41, 5.74) is 0.304. The highest BCUT2D eigenvalue weighted by atomic mass is 19.3. The second-order valence-electron chi connectivity index (χ2n) is 6.15. The summed E-state index contributed by atoms with van der Waals surface area (Å²) in [7, 11) is 1.62. The Morgan fingerprint density at radius 3 is 2.70 bits per heavy atom. The predicted octanol–water partition coefficient (Wildman–Crippen LogP) is 3.41. The second kappa shape index (κ2) is 6.11. The summed E-state index contributed by atoms with van der Waals surface area (Å²) in [5.74, 6) is -0.796. The van der Waals surface area contributed by atoms with Crippen molar-refractivity contribution >= 4 is 5.91 Å². The molecular weight excluding hydrogens is 358 g/mol. The van der Waals surface area contributed by atoms with Crippen LogP contribution in [-0.2, 0) is 5.72 Å². The molecule has 0 saturated heterocycles. The van der Waals surface area contributed by atoms with Crippen molar-refractivity contribution in [2.75, 3.05) is 7.05 Å². The molecule has 3 heterocycles. The number of nitrogens with zero attached hydrogens (tertiary/aromatic N) is 4. The number of pyridine rings is 1. The van der Waals surface area contributed by atoms with Crippen molar-refractivity contribution in [3.8, 4) is 17.2 Å². The summed E-state index contributed by atoms with van der Waals surface area (Å²) in [6.45, 7) is 1.77. The standard InChI is InChI=1S/C18H14F2N4O3/c1-18(11-4-3-7-21-9-11)24(2)17(25)12-8-10(5-6-13(12)27-18)15-22-23-16(26-15)14(19)20/h3-9,14H,1-2H3. The predicted molar refractivity (Wildman–Crippen MR) is 89.0 cm³/mol. The van der Waals surface area contributed by atoms with E-state index in [0.29, 0.717) is 16.9 Å². The van der Waals surface area contributed by atoms with E-state index >= 15 is 0 Å². The van der Waals surface area contributed by atoms with Gasteiger partial charge in [-0.1, -0.05) is 0 Å². The van der Waals surface area contributed by atoms with Crippen LogP contribution < -0.4 is 4.74 Å². The number of halogens is 2. The third-order valence-corrected chi connectivity index (χ3v) is 4.53. The lowest BCUT2D eigenvalue weighted by Crippen LogP contribution is -2.52. The molecule has 0 fully saturated rings. The van der Waals surface area contributed by atoms with Crippen LogP contribution in [0.25, 0.3) is 11.5 Å². The van der Waals surface area contributed by atoms with Gasteiger partial charge in [0.05, 0.1) is 5.56 Å². The Balaban J connectivity index is 1.74. The molecule has 2 aromatic heterocycles. The SMILES string of the molecule is CN1C(=O)c2cc(-c3nnc(C(F)F)o3)ccc2OC1(C)c1cccnc1. The lowest BCUT2D eigenvalue weighted by molar-refractivity contribution is -0.0558. The molecule has 3 aromatic rings. The maximum atomic E-state index is 12.9. The van der Waals surface area contributed by atoms with Gasteiger partial charge in [-0.3, -0.25) is 14.7 Å². The van der Waals surface area contributed by atoms with Crippen LogP contribution in [0.4, 0.5) is 8.78 Å². The number of carbonyl (C=O) groups excluding carboxylic acids is 1. The third-order valence-electron chi connectivity index (χ3n) is 4.53. The van der Waals surface area contributed by atoms with Crippen molar-refractivity contribution in [3.63, 3.8) is 0 Å². The third kappa shape index (κ3) is 2.71. The maximum absolute atomic E-state index is 12.9. The molecule has 0 radical (unpaired) electrons. The van der Waals surface area contributed by atoms with Crippen LogP contribution in [0, 0.1) is 0 Å². The molecule has 1 aliphatic heterocycles. The van der Waals surface area contributed by atoms with Crippen molar-refractivity contribution in [3.05, 3.63) is 59.7 Å². The van der Waals surface area contributed by atoms with E-state index in [1.807, 2.05) is 6.07 Å². The molecule has 0 N–H and O–H groups in total. The first kappa shape index (κ1) is 17.1. The van der Waals surface area contributed by atoms with Crippen molar-refractivity contribution in [1.82, 2.24) is 20.1 Å². The van der Waals surface area contributed by atoms with E-state index in [0.717, 1.165) is 0 Å². The minimum atomic E-state index is -2.86. The average molecular weight is 372 g/mol. The van der Waals surface area contributed by atoms with E-state index in [1.54, 1.807) is 44.6 Å². The number of alkyl halides is 2. The fourth-order valence-electron chi connectivity index (χ4n) is 2.91. The number of ether oxygens (including phenoxy) is 1. The van der Waals surface area contributed by atoms with Gasteiger partial charge in [0.1, 0.15) is 5.75 Å². The normalized spacial score (nSPS) is 19.1. The monoisotopic (exact) mass is 372 g/mol. The van der Waals surface area contributed by atoms with E-state index in [1.165, 1.54) is 11.0 Å². The first-order valence-electron chi connectivity index (χ1n) is 8.04. The Morgan fingerprint density at radius 1 is 1.22 bits per heavy atom. The number of aromatic nitrogens is 3. The van der Waals surface area contributed by atoms with Crippen molar-refractivity contribution in [2.24, 2.45) is 0 Å². The summed E-state index contributed by atoms with van der Waals surface area (Å²) in [5, 5.41) is 6.91. The highest BCUT2D eigenvalue weighted by Crippen LogP contribution is 2.40. The van der Waals surface area contributed by atoms with Gasteiger partial charge in [-0.25, -0.2) is 0 Å². The maximum Gasteiger partial charge on any atom is 0.314 e. The molecule has 27 heavy (non-hydrogen) atoms. The van der Waals surface area contributed by atoms with Gasteiger partial charge in [-0.05, 0) is 37.3 Å². The summed E-state index contributed by atoms with van der Waals surface area (Å²) >= 11 is 0. The Morgan fingerprint density at radius 2 is 2.04 bits per heavy atom. The molecule has 0 spiro atoms. The topological polar surface area (TPSA) is 81.4 Å². The Bertz CT molecular complexity index is 1010. The molecule has 0 bridgehead atoms. The molecule has 1 aromatic carbocycles. The lowest BCUT2D eigenvalue weighted by Gasteiger charge is -2.43. The molecular formula is C18H14F2N4O3. The van der Waals surface area contributed by atoms with Gasteiger partial charge in [-0.15, -0.1) is 10.2 Å². The highest BCUT2D eigenvalue weighted by Gasteiger charge is 2.43. The summed E-state index contributed by atoms with van der Waals surface area (Å²) in [6.07, 6.45) is 0.406. The van der Waals surface area contributed by atoms with Crippen LogP contribution in [-0.4, -0.2) is 33.0 Å². The van der Waals surface area contributed by atoms with E-state index in [9.17, 15) is 13.6 Å². The van der Waals surface area contributed by atoms with Crippen molar-refractivity contribution in [1.29, 1.82) is 0 Å². The smallest absolute Gasteiger partial charge is 0.314 e. The van der Waals surface area contributed by atoms with E-state index < -0.39 is 18.0 Å². The molecule has 0 aliphatic carbocycles. The molecule has 0 saturated carbocycles. The molecule has 1 amide bonds. The zero-order chi connectivity index (χ0) is 19.2. The molecule has 9 heteroatoms. The van der Waals surface area contributed by atoms with Crippen LogP contribution in [0.5, 0.6) is 5.75 Å². The number of benzene rings is 1. The van der Waals surface area contributed by atoms with E-state index in [2.05, 4.69) is 15.2 Å². The molecule has 4 rings (SSSR count). The first-order chi connectivity index (χ1) is 12.9. The molecule has 1 aliphatic rings. The minimum Gasteiger partial charge on any atom is -0.463 e. The van der Waals surface area contributed by atoms with Gasteiger partial charge in [0.25, 0.3) is 11.8 Å². The number of hydrogen-bond donors (Lipinski definition) is 0. The molecule has 7 nitrogen and oxygen atoms in total. The van der Waals surface area contributed by atoms with Gasteiger partial charge in [0.2, 0.25) is 11.6 Å². The Labute approximate surface area is 152 Å². The number of rotatable bonds is 3. The number of carbonyl (C=O) groups is 1. The number of hydrogen-bond acceptors (Lipinski definition) is 6. The van der Waals surface area contributed by atoms with Crippen LogP contribution in [0.1, 0.15) is 35.2 Å². The van der Waals surface area contributed by atoms with Crippen LogP contribution in [0.2, 0.25) is 0 Å². The first-order valence-corrected chi connectivity index (χ1v) is 8.04. The Kier molecular flexibility index (Phi) is 3.87. The summed E-state index contributed by atoms with van der Waals surface area (Å²) < 4.78 is 36.3. The van der Waals surface area contributed by atoms with Gasteiger partial charge in [0, 0.05) is 30.6 Å². The summed E-state index contributed by atoms with van der Waals surface area (Å²) in [4.78, 5) is 18.5. The quantitative estimate of drug-likeness (QED) is 0.701. The second-order valence-corrected chi connectivity index (χ2v) is 6.15. The largest absolute Gasteiger partial charge is 0.463 e. The fourth-order valence-corrected chi connectivity index (χ4v) is 2.91. The minimum absolute atomic E-state index is 0.0934. The molecule has 1 unspecified atom stereocenters. The van der Waals surface area contributed by atoms with Crippen LogP contribution in [0.15, 0.2) is 47.1 Å². The zero-order valence-corrected chi connectivity index (χ0v) is 14.4. The van der Waals surface area contributed by atoms with Gasteiger partial charge >= 0.3 is 6.43 Å². The number of amides is 1.